The predicted molar refractivity (Wildman–Crippen MR) is 252 cm³/mol. The Bertz CT molecular complexity index is 3440. The summed E-state index contributed by atoms with van der Waals surface area (Å²) in [5.74, 6) is 1.80. The third-order valence-corrected chi connectivity index (χ3v) is 13.1. The van der Waals surface area contributed by atoms with Crippen LogP contribution in [0.25, 0.3) is 95.0 Å². The standard InChI is InChI=1S/C58H36N4/c1-3-19-37(20-4-1)39-23-7-9-28-45(39)55-59-56(46-29-10-8-24-40(46)38-21-5-2-6-22-38)61-57(60-55)62-52-34-18-14-27-43(52)44-35-36-51-53(54(44)62)47-30-13-17-33-50(47)58(51)48-31-15-11-25-41(48)42-26-12-16-32-49(42)58/h1-36H. The molecule has 0 bridgehead atoms. The van der Waals surface area contributed by atoms with Gasteiger partial charge in [-0.3, -0.25) is 4.57 Å². The Labute approximate surface area is 359 Å². The molecular formula is C58H36N4. The summed E-state index contributed by atoms with van der Waals surface area (Å²) in [6, 6.07) is 78.3. The van der Waals surface area contributed by atoms with Gasteiger partial charge in [-0.2, -0.15) is 9.97 Å². The van der Waals surface area contributed by atoms with Crippen LogP contribution >= 0.6 is 0 Å². The number of hydrogen-bond acceptors (Lipinski definition) is 3. The first-order valence-electron chi connectivity index (χ1n) is 21.2. The lowest BCUT2D eigenvalue weighted by Crippen LogP contribution is -2.25. The van der Waals surface area contributed by atoms with E-state index in [0.717, 1.165) is 55.2 Å². The van der Waals surface area contributed by atoms with Crippen molar-refractivity contribution in [3.63, 3.8) is 0 Å². The van der Waals surface area contributed by atoms with E-state index in [1.54, 1.807) is 0 Å². The molecule has 0 N–H and O–H groups in total. The Morgan fingerprint density at radius 3 is 1.31 bits per heavy atom. The van der Waals surface area contributed by atoms with Gasteiger partial charge in [0.05, 0.1) is 16.4 Å². The van der Waals surface area contributed by atoms with E-state index in [2.05, 4.69) is 223 Å². The van der Waals surface area contributed by atoms with Gasteiger partial charge in [0.25, 0.3) is 0 Å². The summed E-state index contributed by atoms with van der Waals surface area (Å²) in [5.41, 5.74) is 18.0. The molecule has 2 heterocycles. The van der Waals surface area contributed by atoms with Gasteiger partial charge in [-0.25, -0.2) is 4.98 Å². The topological polar surface area (TPSA) is 43.6 Å². The molecule has 4 nitrogen and oxygen atoms in total. The smallest absolute Gasteiger partial charge is 0.238 e. The second-order valence-electron chi connectivity index (χ2n) is 16.2. The molecule has 62 heavy (non-hydrogen) atoms. The SMILES string of the molecule is c1ccc(-c2ccccc2-c2nc(-c3ccccc3-c3ccccc3)nc(-n3c4ccccc4c4ccc5c(c43)-c3ccccc3C53c4ccccc4-c4ccccc43)n2)cc1. The van der Waals surface area contributed by atoms with Crippen LogP contribution in [0.4, 0.5) is 0 Å². The Hall–Kier alpha value is -8.21. The molecule has 4 heteroatoms. The molecule has 0 amide bonds. The van der Waals surface area contributed by atoms with Crippen LogP contribution < -0.4 is 0 Å². The van der Waals surface area contributed by atoms with Crippen molar-refractivity contribution in [3.05, 3.63) is 241 Å². The van der Waals surface area contributed by atoms with Crippen molar-refractivity contribution in [1.29, 1.82) is 0 Å². The maximum atomic E-state index is 5.54. The van der Waals surface area contributed by atoms with E-state index < -0.39 is 5.41 Å². The monoisotopic (exact) mass is 788 g/mol. The van der Waals surface area contributed by atoms with Crippen molar-refractivity contribution in [2.75, 3.05) is 0 Å². The molecule has 0 saturated heterocycles. The van der Waals surface area contributed by atoms with Crippen LogP contribution in [-0.2, 0) is 5.41 Å². The highest BCUT2D eigenvalue weighted by atomic mass is 15.2. The Kier molecular flexibility index (Phi) is 7.49. The van der Waals surface area contributed by atoms with Gasteiger partial charge in [-0.15, -0.1) is 0 Å². The number of rotatable bonds is 5. The molecule has 0 fully saturated rings. The molecule has 13 rings (SSSR count). The summed E-state index contributed by atoms with van der Waals surface area (Å²) in [6.07, 6.45) is 0. The number of hydrogen-bond donors (Lipinski definition) is 0. The minimum absolute atomic E-state index is 0.493. The second-order valence-corrected chi connectivity index (χ2v) is 16.2. The third-order valence-electron chi connectivity index (χ3n) is 13.1. The minimum atomic E-state index is -0.493. The zero-order valence-electron chi connectivity index (χ0n) is 33.6. The van der Waals surface area contributed by atoms with Gasteiger partial charge < -0.3 is 0 Å². The zero-order chi connectivity index (χ0) is 40.8. The summed E-state index contributed by atoms with van der Waals surface area (Å²) in [4.78, 5) is 16.5. The number of para-hydroxylation sites is 1. The van der Waals surface area contributed by atoms with Gasteiger partial charge in [-0.05, 0) is 67.3 Å². The van der Waals surface area contributed by atoms with Crippen LogP contribution in [0.15, 0.2) is 218 Å². The Balaban J connectivity index is 1.16. The van der Waals surface area contributed by atoms with Crippen LogP contribution in [0.3, 0.4) is 0 Å². The fourth-order valence-corrected chi connectivity index (χ4v) is 10.6. The summed E-state index contributed by atoms with van der Waals surface area (Å²) in [7, 11) is 0. The zero-order valence-corrected chi connectivity index (χ0v) is 33.6. The summed E-state index contributed by atoms with van der Waals surface area (Å²) >= 11 is 0. The van der Waals surface area contributed by atoms with Crippen molar-refractivity contribution in [2.24, 2.45) is 0 Å². The maximum Gasteiger partial charge on any atom is 0.238 e. The number of aromatic nitrogens is 4. The Morgan fingerprint density at radius 1 is 0.306 bits per heavy atom. The first-order chi connectivity index (χ1) is 30.8. The maximum absolute atomic E-state index is 5.54. The molecule has 1 spiro atoms. The molecule has 0 unspecified atom stereocenters. The van der Waals surface area contributed by atoms with Gasteiger partial charge >= 0.3 is 0 Å². The van der Waals surface area contributed by atoms with Crippen molar-refractivity contribution in [1.82, 2.24) is 19.5 Å². The molecule has 2 aromatic heterocycles. The minimum Gasteiger partial charge on any atom is -0.277 e. The first kappa shape index (κ1) is 34.6. The van der Waals surface area contributed by atoms with Crippen LogP contribution in [0, 0.1) is 0 Å². The largest absolute Gasteiger partial charge is 0.277 e. The van der Waals surface area contributed by atoms with Crippen LogP contribution in [0.2, 0.25) is 0 Å². The molecule has 288 valence electrons. The lowest BCUT2D eigenvalue weighted by atomic mass is 9.70. The van der Waals surface area contributed by atoms with Gasteiger partial charge in [-0.1, -0.05) is 212 Å². The normalized spacial score (nSPS) is 13.0. The highest BCUT2D eigenvalue weighted by Gasteiger charge is 2.52. The predicted octanol–water partition coefficient (Wildman–Crippen LogP) is 14.0. The van der Waals surface area contributed by atoms with E-state index >= 15 is 0 Å². The van der Waals surface area contributed by atoms with Crippen molar-refractivity contribution in [2.45, 2.75) is 5.41 Å². The highest BCUT2D eigenvalue weighted by molar-refractivity contribution is 6.16. The fraction of sp³-hybridized carbons (Fsp3) is 0.0172. The highest BCUT2D eigenvalue weighted by Crippen LogP contribution is 2.64. The van der Waals surface area contributed by atoms with Gasteiger partial charge in [0.1, 0.15) is 0 Å². The third kappa shape index (κ3) is 4.80. The summed E-state index contributed by atoms with van der Waals surface area (Å²) < 4.78 is 2.32. The molecular weight excluding hydrogens is 753 g/mol. The lowest BCUT2D eigenvalue weighted by molar-refractivity contribution is 0.794. The second kappa shape index (κ2) is 13.4. The van der Waals surface area contributed by atoms with E-state index in [-0.39, 0.29) is 0 Å². The van der Waals surface area contributed by atoms with Crippen molar-refractivity contribution in [3.8, 4) is 73.2 Å². The number of benzene rings is 9. The summed E-state index contributed by atoms with van der Waals surface area (Å²) in [6.45, 7) is 0. The molecule has 11 aromatic rings. The summed E-state index contributed by atoms with van der Waals surface area (Å²) in [5, 5.41) is 2.30. The quantitative estimate of drug-likeness (QED) is 0.174. The molecule has 2 aliphatic rings. The van der Waals surface area contributed by atoms with Gasteiger partial charge in [0.15, 0.2) is 11.6 Å². The van der Waals surface area contributed by atoms with Gasteiger partial charge in [0.2, 0.25) is 5.95 Å². The molecule has 0 saturated carbocycles. The molecule has 9 aromatic carbocycles. The number of nitrogens with zero attached hydrogens (tertiary/aromatic N) is 4. The van der Waals surface area contributed by atoms with Crippen molar-refractivity contribution >= 4 is 21.8 Å². The average molecular weight is 789 g/mol. The Morgan fingerprint density at radius 2 is 0.742 bits per heavy atom. The van der Waals surface area contributed by atoms with Crippen molar-refractivity contribution < 1.29 is 0 Å². The molecule has 0 aliphatic heterocycles. The lowest BCUT2D eigenvalue weighted by Gasteiger charge is -2.30. The van der Waals surface area contributed by atoms with Crippen LogP contribution in [0.5, 0.6) is 0 Å². The van der Waals surface area contributed by atoms with Crippen LogP contribution in [0.1, 0.15) is 22.3 Å². The van der Waals surface area contributed by atoms with E-state index in [0.29, 0.717) is 17.6 Å². The van der Waals surface area contributed by atoms with E-state index in [1.807, 2.05) is 0 Å². The first-order valence-corrected chi connectivity index (χ1v) is 21.2. The molecule has 0 atom stereocenters. The average Bonchev–Trinajstić information content (AvgIpc) is 3.96. The van der Waals surface area contributed by atoms with Crippen LogP contribution in [-0.4, -0.2) is 19.5 Å². The van der Waals surface area contributed by atoms with E-state index in [1.165, 1.54) is 44.5 Å². The van der Waals surface area contributed by atoms with E-state index in [9.17, 15) is 0 Å². The number of fused-ring (bicyclic) bond motifs is 14. The van der Waals surface area contributed by atoms with E-state index in [4.69, 9.17) is 15.0 Å². The molecule has 2 aliphatic carbocycles. The molecule has 0 radical (unpaired) electrons. The fourth-order valence-electron chi connectivity index (χ4n) is 10.6. The van der Waals surface area contributed by atoms with Gasteiger partial charge in [0, 0.05) is 27.5 Å².